The number of carbonyl (C=O) groups is 2. The first kappa shape index (κ1) is 19.8. The molecule has 1 N–H and O–H groups in total. The van der Waals surface area contributed by atoms with E-state index in [2.05, 4.69) is 15.1 Å². The van der Waals surface area contributed by atoms with E-state index in [1.165, 1.54) is 12.3 Å². The van der Waals surface area contributed by atoms with Gasteiger partial charge in [-0.05, 0) is 49.6 Å². The van der Waals surface area contributed by atoms with E-state index in [0.29, 0.717) is 36.9 Å². The Bertz CT molecular complexity index is 782. The van der Waals surface area contributed by atoms with E-state index in [4.69, 9.17) is 4.74 Å². The van der Waals surface area contributed by atoms with Crippen LogP contribution in [0.5, 0.6) is 5.75 Å². The van der Waals surface area contributed by atoms with Crippen molar-refractivity contribution >= 4 is 11.9 Å². The van der Waals surface area contributed by atoms with Crippen LogP contribution in [0.3, 0.4) is 0 Å². The van der Waals surface area contributed by atoms with E-state index >= 15 is 0 Å². The van der Waals surface area contributed by atoms with Gasteiger partial charge in [0.25, 0.3) is 11.0 Å². The van der Waals surface area contributed by atoms with Crippen LogP contribution in [0.2, 0.25) is 0 Å². The van der Waals surface area contributed by atoms with Gasteiger partial charge in [0.05, 0.1) is 12.2 Å². The molecule has 1 heterocycles. The number of rotatable bonds is 10. The molecule has 0 spiro atoms. The Hall–Kier alpha value is -3.49. The molecule has 0 bridgehead atoms. The zero-order valence-electron chi connectivity index (χ0n) is 14.5. The SMILES string of the molecule is O=C(NCCCCCO[N+](=O)[O-])c1cccc(OC(=O)c2cccnc2)c1. The third-order valence-electron chi connectivity index (χ3n) is 3.51. The molecule has 0 saturated carbocycles. The number of nitrogens with zero attached hydrogens (tertiary/aromatic N) is 2. The zero-order chi connectivity index (χ0) is 19.5. The molecule has 9 nitrogen and oxygen atoms in total. The lowest BCUT2D eigenvalue weighted by molar-refractivity contribution is -0.757. The Morgan fingerprint density at radius 3 is 2.67 bits per heavy atom. The fourth-order valence-corrected chi connectivity index (χ4v) is 2.20. The first-order chi connectivity index (χ1) is 13.1. The lowest BCUT2D eigenvalue weighted by Gasteiger charge is -2.08. The molecule has 0 radical (unpaired) electrons. The van der Waals surface area contributed by atoms with E-state index in [1.54, 1.807) is 36.5 Å². The molecule has 27 heavy (non-hydrogen) atoms. The van der Waals surface area contributed by atoms with Crippen molar-refractivity contribution in [3.8, 4) is 5.75 Å². The molecule has 0 aliphatic heterocycles. The summed E-state index contributed by atoms with van der Waals surface area (Å²) in [7, 11) is 0. The summed E-state index contributed by atoms with van der Waals surface area (Å²) in [6, 6.07) is 9.51. The van der Waals surface area contributed by atoms with Gasteiger partial charge in [-0.3, -0.25) is 9.78 Å². The molecule has 1 amide bonds. The molecule has 2 aromatic rings. The summed E-state index contributed by atoms with van der Waals surface area (Å²) in [6.07, 6.45) is 4.85. The molecule has 1 aromatic carbocycles. The Morgan fingerprint density at radius 2 is 1.93 bits per heavy atom. The number of nitrogens with one attached hydrogen (secondary N) is 1. The maximum absolute atomic E-state index is 12.2. The third kappa shape index (κ3) is 7.10. The van der Waals surface area contributed by atoms with Crippen LogP contribution < -0.4 is 10.1 Å². The summed E-state index contributed by atoms with van der Waals surface area (Å²) in [5.41, 5.74) is 0.677. The average Bonchev–Trinajstić information content (AvgIpc) is 2.67. The maximum atomic E-state index is 12.2. The van der Waals surface area contributed by atoms with Crippen molar-refractivity contribution in [2.45, 2.75) is 19.3 Å². The van der Waals surface area contributed by atoms with Gasteiger partial charge in [-0.15, -0.1) is 10.1 Å². The van der Waals surface area contributed by atoms with Gasteiger partial charge in [-0.1, -0.05) is 6.07 Å². The molecule has 0 fully saturated rings. The van der Waals surface area contributed by atoms with Crippen LogP contribution >= 0.6 is 0 Å². The third-order valence-corrected chi connectivity index (χ3v) is 3.51. The molecule has 0 saturated heterocycles. The van der Waals surface area contributed by atoms with Gasteiger partial charge >= 0.3 is 5.97 Å². The van der Waals surface area contributed by atoms with Crippen LogP contribution in [0.25, 0.3) is 0 Å². The summed E-state index contributed by atoms with van der Waals surface area (Å²) in [6.45, 7) is 0.474. The van der Waals surface area contributed by atoms with Crippen LogP contribution in [-0.4, -0.2) is 35.1 Å². The summed E-state index contributed by atoms with van der Waals surface area (Å²) in [4.78, 5) is 42.2. The number of ether oxygens (including phenoxy) is 1. The largest absolute Gasteiger partial charge is 0.423 e. The highest BCUT2D eigenvalue weighted by atomic mass is 16.9. The molecule has 0 atom stereocenters. The Balaban J connectivity index is 1.78. The van der Waals surface area contributed by atoms with Crippen molar-refractivity contribution < 1.29 is 24.3 Å². The van der Waals surface area contributed by atoms with Crippen molar-refractivity contribution in [1.82, 2.24) is 10.3 Å². The first-order valence-corrected chi connectivity index (χ1v) is 8.34. The predicted octanol–water partition coefficient (Wildman–Crippen LogP) is 2.41. The van der Waals surface area contributed by atoms with Gasteiger partial charge in [0.2, 0.25) is 0 Å². The Labute approximate surface area is 155 Å². The van der Waals surface area contributed by atoms with Crippen molar-refractivity contribution in [3.05, 3.63) is 70.0 Å². The van der Waals surface area contributed by atoms with E-state index in [9.17, 15) is 19.7 Å². The summed E-state index contributed by atoms with van der Waals surface area (Å²) < 4.78 is 5.25. The van der Waals surface area contributed by atoms with Gasteiger partial charge in [-0.2, -0.15) is 0 Å². The van der Waals surface area contributed by atoms with Crippen LogP contribution in [0, 0.1) is 10.1 Å². The monoisotopic (exact) mass is 373 g/mol. The first-order valence-electron chi connectivity index (χ1n) is 8.34. The number of aromatic nitrogens is 1. The van der Waals surface area contributed by atoms with Crippen LogP contribution in [0.15, 0.2) is 48.8 Å². The number of amides is 1. The zero-order valence-corrected chi connectivity index (χ0v) is 14.5. The van der Waals surface area contributed by atoms with Gasteiger partial charge < -0.3 is 14.9 Å². The van der Waals surface area contributed by atoms with Crippen LogP contribution in [-0.2, 0) is 4.84 Å². The highest BCUT2D eigenvalue weighted by molar-refractivity contribution is 5.95. The second kappa shape index (κ2) is 10.5. The second-order valence-electron chi connectivity index (χ2n) is 5.53. The number of carbonyl (C=O) groups excluding carboxylic acids is 2. The normalized spacial score (nSPS) is 10.1. The number of pyridine rings is 1. The highest BCUT2D eigenvalue weighted by Gasteiger charge is 2.11. The van der Waals surface area contributed by atoms with Crippen LogP contribution in [0.4, 0.5) is 0 Å². The molecular formula is C18H19N3O6. The van der Waals surface area contributed by atoms with Crippen molar-refractivity contribution in [2.24, 2.45) is 0 Å². The quantitative estimate of drug-likeness (QED) is 0.223. The number of hydrogen-bond donors (Lipinski definition) is 1. The predicted molar refractivity (Wildman–Crippen MR) is 94.8 cm³/mol. The van der Waals surface area contributed by atoms with Crippen molar-refractivity contribution in [2.75, 3.05) is 13.2 Å². The Morgan fingerprint density at radius 1 is 1.11 bits per heavy atom. The number of hydrogen-bond acceptors (Lipinski definition) is 7. The molecule has 0 unspecified atom stereocenters. The van der Waals surface area contributed by atoms with Crippen molar-refractivity contribution in [1.29, 1.82) is 0 Å². The minimum atomic E-state index is -0.824. The van der Waals surface area contributed by atoms with Crippen LogP contribution in [0.1, 0.15) is 40.0 Å². The molecule has 0 aliphatic carbocycles. The van der Waals surface area contributed by atoms with Gasteiger partial charge in [0, 0.05) is 24.5 Å². The topological polar surface area (TPSA) is 121 Å². The highest BCUT2D eigenvalue weighted by Crippen LogP contribution is 2.15. The Kier molecular flexibility index (Phi) is 7.70. The summed E-state index contributed by atoms with van der Waals surface area (Å²) in [5, 5.41) is 11.9. The lowest BCUT2D eigenvalue weighted by Crippen LogP contribution is -2.24. The van der Waals surface area contributed by atoms with E-state index in [-0.39, 0.29) is 18.3 Å². The molecule has 9 heteroatoms. The summed E-state index contributed by atoms with van der Waals surface area (Å²) in [5.74, 6) is -0.596. The van der Waals surface area contributed by atoms with E-state index < -0.39 is 11.1 Å². The van der Waals surface area contributed by atoms with E-state index in [0.717, 1.165) is 0 Å². The second-order valence-corrected chi connectivity index (χ2v) is 5.53. The molecule has 1 aromatic heterocycles. The fourth-order valence-electron chi connectivity index (χ4n) is 2.20. The van der Waals surface area contributed by atoms with E-state index in [1.807, 2.05) is 0 Å². The summed E-state index contributed by atoms with van der Waals surface area (Å²) >= 11 is 0. The molecular weight excluding hydrogens is 354 g/mol. The minimum absolute atomic E-state index is 0.0469. The maximum Gasteiger partial charge on any atom is 0.345 e. The van der Waals surface area contributed by atoms with Gasteiger partial charge in [0.15, 0.2) is 0 Å². The standard InChI is InChI=1S/C18H19N3O6/c22-17(20-10-2-1-3-11-26-21(24)25)14-6-4-8-16(12-14)27-18(23)15-7-5-9-19-13-15/h4-9,12-13H,1-3,10-11H2,(H,20,22). The van der Waals surface area contributed by atoms with Gasteiger partial charge in [-0.25, -0.2) is 4.79 Å². The number of benzene rings is 1. The average molecular weight is 373 g/mol. The molecule has 0 aliphatic rings. The molecule has 2 rings (SSSR count). The lowest BCUT2D eigenvalue weighted by atomic mass is 10.2. The molecule has 142 valence electrons. The minimum Gasteiger partial charge on any atom is -0.423 e. The smallest absolute Gasteiger partial charge is 0.345 e. The van der Waals surface area contributed by atoms with Crippen molar-refractivity contribution in [3.63, 3.8) is 0 Å². The number of esters is 1. The van der Waals surface area contributed by atoms with Gasteiger partial charge in [0.1, 0.15) is 5.75 Å². The fraction of sp³-hybridized carbons (Fsp3) is 0.278. The number of unbranched alkanes of at least 4 members (excludes halogenated alkanes) is 2.